The van der Waals surface area contributed by atoms with Crippen molar-refractivity contribution in [2.24, 2.45) is 0 Å². The molecule has 0 fully saturated rings. The minimum atomic E-state index is -1.57. The zero-order valence-corrected chi connectivity index (χ0v) is 8.64. The summed E-state index contributed by atoms with van der Waals surface area (Å²) in [5.41, 5.74) is 1.17. The second-order valence-corrected chi connectivity index (χ2v) is 5.24. The van der Waals surface area contributed by atoms with E-state index in [1.165, 1.54) is 5.56 Å². The van der Waals surface area contributed by atoms with E-state index in [1.807, 2.05) is 43.8 Å². The summed E-state index contributed by atoms with van der Waals surface area (Å²) in [6.07, 6.45) is 2.05. The van der Waals surface area contributed by atoms with Gasteiger partial charge in [-0.05, 0) is 19.0 Å². The number of rotatable bonds is 2. The van der Waals surface area contributed by atoms with Crippen LogP contribution in [0.5, 0.6) is 0 Å². The van der Waals surface area contributed by atoms with Gasteiger partial charge in [0.2, 0.25) is 0 Å². The Kier molecular flexibility index (Phi) is 3.26. The molecule has 1 rings (SSSR count). The lowest BCUT2D eigenvalue weighted by Crippen LogP contribution is -2.06. The van der Waals surface area contributed by atoms with E-state index in [1.54, 1.807) is 0 Å². The molecule has 64 valence electrons. The maximum absolute atomic E-state index is 9.35. The molecule has 0 bridgehead atoms. The molecule has 0 aliphatic heterocycles. The SMILES string of the molecule is C/C(=C\c1ccccc1)[SiH](C)O. The Bertz CT molecular complexity index is 264. The molecule has 1 unspecified atom stereocenters. The van der Waals surface area contributed by atoms with Gasteiger partial charge in [0.25, 0.3) is 0 Å². The van der Waals surface area contributed by atoms with Crippen LogP contribution in [0, 0.1) is 0 Å². The Labute approximate surface area is 75.1 Å². The van der Waals surface area contributed by atoms with Gasteiger partial charge in [-0.3, -0.25) is 0 Å². The van der Waals surface area contributed by atoms with Gasteiger partial charge in [-0.1, -0.05) is 41.6 Å². The molecule has 0 aliphatic carbocycles. The monoisotopic (exact) mass is 178 g/mol. The molecule has 0 aromatic heterocycles. The van der Waals surface area contributed by atoms with E-state index in [0.29, 0.717) is 0 Å². The molecule has 1 aromatic carbocycles. The average Bonchev–Trinajstić information content (AvgIpc) is 2.06. The highest BCUT2D eigenvalue weighted by Crippen LogP contribution is 2.06. The van der Waals surface area contributed by atoms with Crippen molar-refractivity contribution < 1.29 is 4.80 Å². The molecule has 0 radical (unpaired) electrons. The topological polar surface area (TPSA) is 20.2 Å². The Morgan fingerprint density at radius 1 is 1.33 bits per heavy atom. The molecular formula is C10H14OSi. The van der Waals surface area contributed by atoms with Crippen LogP contribution in [-0.2, 0) is 0 Å². The maximum atomic E-state index is 9.35. The lowest BCUT2D eigenvalue weighted by Gasteiger charge is -2.01. The summed E-state index contributed by atoms with van der Waals surface area (Å²) < 4.78 is 0. The Morgan fingerprint density at radius 2 is 1.92 bits per heavy atom. The van der Waals surface area contributed by atoms with Crippen LogP contribution >= 0.6 is 0 Å². The van der Waals surface area contributed by atoms with Crippen molar-refractivity contribution in [2.75, 3.05) is 0 Å². The van der Waals surface area contributed by atoms with Gasteiger partial charge < -0.3 is 4.80 Å². The summed E-state index contributed by atoms with van der Waals surface area (Å²) in [6, 6.07) is 10.1. The second-order valence-electron chi connectivity index (χ2n) is 2.98. The molecule has 0 heterocycles. The Hall–Kier alpha value is -0.863. The number of benzene rings is 1. The summed E-state index contributed by atoms with van der Waals surface area (Å²) in [5, 5.41) is 1.13. The van der Waals surface area contributed by atoms with Gasteiger partial charge in [0.15, 0.2) is 9.04 Å². The third-order valence-electron chi connectivity index (χ3n) is 1.85. The van der Waals surface area contributed by atoms with Crippen LogP contribution in [0.3, 0.4) is 0 Å². The largest absolute Gasteiger partial charge is 0.431 e. The van der Waals surface area contributed by atoms with E-state index in [-0.39, 0.29) is 0 Å². The van der Waals surface area contributed by atoms with Crippen molar-refractivity contribution in [3.05, 3.63) is 41.1 Å². The minimum absolute atomic E-state index is 1.13. The van der Waals surface area contributed by atoms with Crippen molar-refractivity contribution in [3.63, 3.8) is 0 Å². The molecule has 1 nitrogen and oxygen atoms in total. The summed E-state index contributed by atoms with van der Waals surface area (Å²) in [5.74, 6) is 0. The van der Waals surface area contributed by atoms with E-state index in [9.17, 15) is 4.80 Å². The molecule has 0 spiro atoms. The lowest BCUT2D eigenvalue weighted by atomic mass is 10.2. The lowest BCUT2D eigenvalue weighted by molar-refractivity contribution is 0.589. The minimum Gasteiger partial charge on any atom is -0.431 e. The predicted octanol–water partition coefficient (Wildman–Crippen LogP) is 1.98. The first-order chi connectivity index (χ1) is 5.70. The fourth-order valence-electron chi connectivity index (χ4n) is 0.933. The molecular weight excluding hydrogens is 164 g/mol. The van der Waals surface area contributed by atoms with E-state index in [4.69, 9.17) is 0 Å². The summed E-state index contributed by atoms with van der Waals surface area (Å²) >= 11 is 0. The molecule has 0 aliphatic rings. The molecule has 1 N–H and O–H groups in total. The predicted molar refractivity (Wildman–Crippen MR) is 55.3 cm³/mol. The first kappa shape index (κ1) is 9.23. The summed E-state index contributed by atoms with van der Waals surface area (Å²) in [7, 11) is -1.57. The van der Waals surface area contributed by atoms with Gasteiger partial charge in [-0.2, -0.15) is 0 Å². The first-order valence-corrected chi connectivity index (χ1v) is 6.36. The second kappa shape index (κ2) is 4.23. The molecule has 12 heavy (non-hydrogen) atoms. The Morgan fingerprint density at radius 3 is 2.42 bits per heavy atom. The van der Waals surface area contributed by atoms with Crippen LogP contribution < -0.4 is 0 Å². The molecule has 1 aromatic rings. The van der Waals surface area contributed by atoms with Gasteiger partial charge in [-0.25, -0.2) is 0 Å². The quantitative estimate of drug-likeness (QED) is 0.687. The average molecular weight is 178 g/mol. The van der Waals surface area contributed by atoms with Crippen LogP contribution in [-0.4, -0.2) is 13.8 Å². The highest BCUT2D eigenvalue weighted by Gasteiger charge is 1.99. The van der Waals surface area contributed by atoms with Crippen LogP contribution in [0.2, 0.25) is 6.55 Å². The number of hydrogen-bond donors (Lipinski definition) is 1. The van der Waals surface area contributed by atoms with E-state index < -0.39 is 9.04 Å². The molecule has 2 heteroatoms. The van der Waals surface area contributed by atoms with Crippen LogP contribution in [0.25, 0.3) is 6.08 Å². The van der Waals surface area contributed by atoms with E-state index >= 15 is 0 Å². The Balaban J connectivity index is 2.81. The fourth-order valence-corrected chi connectivity index (χ4v) is 1.37. The standard InChI is InChI=1S/C10H14OSi/c1-9(12(2)11)8-10-6-4-3-5-7-10/h3-8,11-12H,1-2H3/b9-8+. The van der Waals surface area contributed by atoms with Crippen molar-refractivity contribution in [1.29, 1.82) is 0 Å². The van der Waals surface area contributed by atoms with Crippen LogP contribution in [0.1, 0.15) is 12.5 Å². The third-order valence-corrected chi connectivity index (χ3v) is 3.34. The maximum Gasteiger partial charge on any atom is 0.196 e. The van der Waals surface area contributed by atoms with Crippen molar-refractivity contribution in [2.45, 2.75) is 13.5 Å². The normalized spacial score (nSPS) is 14.4. The zero-order chi connectivity index (χ0) is 8.97. The van der Waals surface area contributed by atoms with E-state index in [2.05, 4.69) is 6.08 Å². The van der Waals surface area contributed by atoms with Gasteiger partial charge in [0, 0.05) is 0 Å². The zero-order valence-electron chi connectivity index (χ0n) is 7.49. The molecule has 0 saturated heterocycles. The molecule has 0 saturated carbocycles. The van der Waals surface area contributed by atoms with Gasteiger partial charge in [0.1, 0.15) is 0 Å². The number of hydrogen-bond acceptors (Lipinski definition) is 1. The van der Waals surface area contributed by atoms with Crippen molar-refractivity contribution in [3.8, 4) is 0 Å². The highest BCUT2D eigenvalue weighted by molar-refractivity contribution is 6.58. The van der Waals surface area contributed by atoms with Crippen LogP contribution in [0.15, 0.2) is 35.5 Å². The van der Waals surface area contributed by atoms with Gasteiger partial charge in [-0.15, -0.1) is 0 Å². The van der Waals surface area contributed by atoms with Gasteiger partial charge in [0.05, 0.1) is 0 Å². The van der Waals surface area contributed by atoms with Crippen molar-refractivity contribution >= 4 is 15.1 Å². The summed E-state index contributed by atoms with van der Waals surface area (Å²) in [4.78, 5) is 9.35. The highest BCUT2D eigenvalue weighted by atomic mass is 28.3. The fraction of sp³-hybridized carbons (Fsp3) is 0.200. The molecule has 1 atom stereocenters. The van der Waals surface area contributed by atoms with Crippen LogP contribution in [0.4, 0.5) is 0 Å². The van der Waals surface area contributed by atoms with Gasteiger partial charge >= 0.3 is 0 Å². The number of allylic oxidation sites excluding steroid dienone is 1. The molecule has 0 amide bonds. The third kappa shape index (κ3) is 2.64. The first-order valence-electron chi connectivity index (χ1n) is 4.11. The smallest absolute Gasteiger partial charge is 0.196 e. The van der Waals surface area contributed by atoms with E-state index in [0.717, 1.165) is 5.20 Å². The summed E-state index contributed by atoms with van der Waals surface area (Å²) in [6.45, 7) is 3.90. The van der Waals surface area contributed by atoms with Crippen molar-refractivity contribution in [1.82, 2.24) is 0 Å².